The molecule has 1 aliphatic rings. The van der Waals surface area contributed by atoms with Crippen LogP contribution in [0, 0.1) is 0 Å². The molecule has 0 radical (unpaired) electrons. The predicted molar refractivity (Wildman–Crippen MR) is 142 cm³/mol. The van der Waals surface area contributed by atoms with E-state index in [0.717, 1.165) is 23.2 Å². The van der Waals surface area contributed by atoms with Crippen LogP contribution in [0.15, 0.2) is 58.1 Å². The first kappa shape index (κ1) is 24.7. The van der Waals surface area contributed by atoms with Crippen LogP contribution < -0.4 is 21.6 Å². The monoisotopic (exact) mass is 502 g/mol. The standard InChI is InChI=1S/C27H30N6O4/c1-36-14-15-37-27-30-23(28)22-24(31-27)33(26(35)25(34)29-22)17-19-6-10-21(11-7-19)20-8-4-18(5-9-20)16-32-12-2-3-13-32/h4-11H,2-3,12-17H2,1H3,(H,29,34)(H2,28,30,31). The van der Waals surface area contributed by atoms with Crippen molar-refractivity contribution in [2.75, 3.05) is 39.1 Å². The van der Waals surface area contributed by atoms with Crippen LogP contribution in [-0.4, -0.2) is 57.8 Å². The second-order valence-electron chi connectivity index (χ2n) is 9.15. The summed E-state index contributed by atoms with van der Waals surface area (Å²) in [6.07, 6.45) is 2.57. The molecule has 3 heterocycles. The largest absolute Gasteiger partial charge is 0.461 e. The lowest BCUT2D eigenvalue weighted by molar-refractivity contribution is 0.141. The molecule has 192 valence electrons. The Balaban J connectivity index is 1.38. The number of aromatic nitrogens is 4. The summed E-state index contributed by atoms with van der Waals surface area (Å²) in [5.74, 6) is 0.0202. The molecule has 1 fully saturated rings. The topological polar surface area (TPSA) is 128 Å². The first-order valence-electron chi connectivity index (χ1n) is 12.3. The summed E-state index contributed by atoms with van der Waals surface area (Å²) in [5.41, 5.74) is 9.24. The van der Waals surface area contributed by atoms with Gasteiger partial charge in [0.15, 0.2) is 11.5 Å². The molecule has 10 heteroatoms. The highest BCUT2D eigenvalue weighted by Gasteiger charge is 2.16. The lowest BCUT2D eigenvalue weighted by atomic mass is 10.0. The van der Waals surface area contributed by atoms with Crippen LogP contribution in [0.3, 0.4) is 0 Å². The molecule has 2 aromatic heterocycles. The first-order valence-corrected chi connectivity index (χ1v) is 12.3. The zero-order valence-corrected chi connectivity index (χ0v) is 20.8. The Bertz CT molecular complexity index is 1490. The number of aromatic amines is 1. The number of hydrogen-bond donors (Lipinski definition) is 2. The maximum Gasteiger partial charge on any atom is 0.320 e. The minimum absolute atomic E-state index is 0.00535. The van der Waals surface area contributed by atoms with E-state index in [1.54, 1.807) is 7.11 Å². The highest BCUT2D eigenvalue weighted by molar-refractivity contribution is 5.81. The molecule has 0 unspecified atom stereocenters. The van der Waals surface area contributed by atoms with Crippen molar-refractivity contribution in [2.45, 2.75) is 25.9 Å². The molecule has 10 nitrogen and oxygen atoms in total. The molecule has 5 rings (SSSR count). The lowest BCUT2D eigenvalue weighted by Crippen LogP contribution is -2.37. The molecule has 0 bridgehead atoms. The molecule has 3 N–H and O–H groups in total. The van der Waals surface area contributed by atoms with E-state index in [9.17, 15) is 9.59 Å². The Labute approximate surface area is 213 Å². The van der Waals surface area contributed by atoms with Gasteiger partial charge in [-0.3, -0.25) is 19.1 Å². The molecular formula is C27H30N6O4. The summed E-state index contributed by atoms with van der Waals surface area (Å²) >= 11 is 0. The molecule has 37 heavy (non-hydrogen) atoms. The number of nitrogens with one attached hydrogen (secondary N) is 1. The number of benzene rings is 2. The number of rotatable bonds is 9. The predicted octanol–water partition coefficient (Wildman–Crippen LogP) is 2.40. The third-order valence-electron chi connectivity index (χ3n) is 6.54. The lowest BCUT2D eigenvalue weighted by Gasteiger charge is -2.15. The fourth-order valence-corrected chi connectivity index (χ4v) is 4.56. The Morgan fingerprint density at radius 2 is 1.51 bits per heavy atom. The molecule has 2 aromatic carbocycles. The summed E-state index contributed by atoms with van der Waals surface area (Å²) in [5, 5.41) is 0. The van der Waals surface area contributed by atoms with Gasteiger partial charge in [-0.25, -0.2) is 0 Å². The minimum atomic E-state index is -0.790. The summed E-state index contributed by atoms with van der Waals surface area (Å²) < 4.78 is 11.7. The molecule has 0 aliphatic carbocycles. The molecule has 1 saturated heterocycles. The Kier molecular flexibility index (Phi) is 7.29. The number of nitrogens with two attached hydrogens (primary N) is 1. The van der Waals surface area contributed by atoms with Gasteiger partial charge in [-0.15, -0.1) is 0 Å². The van der Waals surface area contributed by atoms with Crippen LogP contribution in [0.5, 0.6) is 6.01 Å². The van der Waals surface area contributed by atoms with Crippen LogP contribution in [0.1, 0.15) is 24.0 Å². The summed E-state index contributed by atoms with van der Waals surface area (Å²) in [4.78, 5) is 38.5. The second-order valence-corrected chi connectivity index (χ2v) is 9.15. The summed E-state index contributed by atoms with van der Waals surface area (Å²) in [6.45, 7) is 4.04. The van der Waals surface area contributed by atoms with Gasteiger partial charge < -0.3 is 20.2 Å². The third kappa shape index (κ3) is 5.55. The summed E-state index contributed by atoms with van der Waals surface area (Å²) in [6, 6.07) is 16.5. The molecule has 1 aliphatic heterocycles. The normalized spacial score (nSPS) is 13.9. The van der Waals surface area contributed by atoms with Crippen molar-refractivity contribution in [3.05, 3.63) is 80.4 Å². The fraction of sp³-hybridized carbons (Fsp3) is 0.333. The van der Waals surface area contributed by atoms with E-state index in [0.29, 0.717) is 6.61 Å². The highest BCUT2D eigenvalue weighted by Crippen LogP contribution is 2.23. The summed E-state index contributed by atoms with van der Waals surface area (Å²) in [7, 11) is 1.55. The van der Waals surface area contributed by atoms with Crippen LogP contribution in [0.4, 0.5) is 5.82 Å². The van der Waals surface area contributed by atoms with Crippen LogP contribution >= 0.6 is 0 Å². The zero-order chi connectivity index (χ0) is 25.8. The minimum Gasteiger partial charge on any atom is -0.461 e. The van der Waals surface area contributed by atoms with Gasteiger partial charge in [0.25, 0.3) is 0 Å². The number of methoxy groups -OCH3 is 1. The van der Waals surface area contributed by atoms with Crippen molar-refractivity contribution in [3.63, 3.8) is 0 Å². The number of ether oxygens (including phenoxy) is 2. The van der Waals surface area contributed by atoms with Crippen molar-refractivity contribution >= 4 is 17.0 Å². The van der Waals surface area contributed by atoms with E-state index in [1.165, 1.54) is 36.1 Å². The van der Waals surface area contributed by atoms with Crippen LogP contribution in [0.25, 0.3) is 22.3 Å². The molecule has 0 spiro atoms. The van der Waals surface area contributed by atoms with Crippen molar-refractivity contribution < 1.29 is 9.47 Å². The van der Waals surface area contributed by atoms with Gasteiger partial charge in [0.05, 0.1) is 13.2 Å². The van der Waals surface area contributed by atoms with Gasteiger partial charge in [0.1, 0.15) is 12.1 Å². The molecule has 4 aromatic rings. The molecule has 0 amide bonds. The second kappa shape index (κ2) is 10.9. The van der Waals surface area contributed by atoms with Gasteiger partial charge in [-0.1, -0.05) is 48.5 Å². The Hall–Kier alpha value is -4.02. The number of fused-ring (bicyclic) bond motifs is 1. The first-order chi connectivity index (χ1) is 18.0. The number of likely N-dealkylation sites (tertiary alicyclic amines) is 1. The molecular weight excluding hydrogens is 472 g/mol. The number of anilines is 1. The third-order valence-corrected chi connectivity index (χ3v) is 6.54. The van der Waals surface area contributed by atoms with Gasteiger partial charge in [-0.05, 0) is 48.2 Å². The Morgan fingerprint density at radius 3 is 2.14 bits per heavy atom. The van der Waals surface area contributed by atoms with Gasteiger partial charge in [0, 0.05) is 13.7 Å². The number of H-pyrrole nitrogens is 1. The quantitative estimate of drug-likeness (QED) is 0.264. The average Bonchev–Trinajstić information content (AvgIpc) is 3.42. The zero-order valence-electron chi connectivity index (χ0n) is 20.8. The van der Waals surface area contributed by atoms with E-state index < -0.39 is 11.1 Å². The van der Waals surface area contributed by atoms with E-state index in [2.05, 4.69) is 44.1 Å². The van der Waals surface area contributed by atoms with Crippen molar-refractivity contribution in [1.29, 1.82) is 0 Å². The number of nitrogens with zero attached hydrogens (tertiary/aromatic N) is 4. The number of nitrogen functional groups attached to an aromatic ring is 1. The Morgan fingerprint density at radius 1 is 0.892 bits per heavy atom. The van der Waals surface area contributed by atoms with Crippen molar-refractivity contribution in [2.24, 2.45) is 0 Å². The molecule has 0 saturated carbocycles. The smallest absolute Gasteiger partial charge is 0.320 e. The van der Waals surface area contributed by atoms with Crippen molar-refractivity contribution in [1.82, 2.24) is 24.4 Å². The average molecular weight is 503 g/mol. The maximum absolute atomic E-state index is 12.8. The van der Waals surface area contributed by atoms with E-state index >= 15 is 0 Å². The van der Waals surface area contributed by atoms with E-state index in [1.807, 2.05) is 24.3 Å². The van der Waals surface area contributed by atoms with E-state index in [4.69, 9.17) is 15.2 Å². The van der Waals surface area contributed by atoms with Crippen LogP contribution in [-0.2, 0) is 17.8 Å². The van der Waals surface area contributed by atoms with Crippen LogP contribution in [0.2, 0.25) is 0 Å². The molecule has 0 atom stereocenters. The van der Waals surface area contributed by atoms with E-state index in [-0.39, 0.29) is 36.1 Å². The maximum atomic E-state index is 12.8. The van der Waals surface area contributed by atoms with Crippen molar-refractivity contribution in [3.8, 4) is 17.1 Å². The van der Waals surface area contributed by atoms with Gasteiger partial charge >= 0.3 is 17.1 Å². The highest BCUT2D eigenvalue weighted by atomic mass is 16.5. The number of hydrogen-bond acceptors (Lipinski definition) is 8. The fourth-order valence-electron chi connectivity index (χ4n) is 4.56. The van der Waals surface area contributed by atoms with Gasteiger partial charge in [0.2, 0.25) is 0 Å². The SMILES string of the molecule is COCCOc1nc(N)c2[nH]c(=O)c(=O)n(Cc3ccc(-c4ccc(CN5CCCC5)cc4)cc3)c2n1. The van der Waals surface area contributed by atoms with Gasteiger partial charge in [-0.2, -0.15) is 9.97 Å².